The average molecular weight is 357 g/mol. The molecule has 0 atom stereocenters. The molecule has 2 amide bonds. The molecule has 2 aromatic heterocycles. The van der Waals surface area contributed by atoms with Gasteiger partial charge in [-0.2, -0.15) is 5.10 Å². The van der Waals surface area contributed by atoms with Crippen LogP contribution < -0.4 is 10.9 Å². The fraction of sp³-hybridized carbons (Fsp3) is 0. The quantitative estimate of drug-likeness (QED) is 0.551. The minimum absolute atomic E-state index is 0.217. The number of hydrogen-bond donors (Lipinski definition) is 2. The molecule has 0 bridgehead atoms. The van der Waals surface area contributed by atoms with E-state index < -0.39 is 11.8 Å². The van der Waals surface area contributed by atoms with Gasteiger partial charge in [0.15, 0.2) is 0 Å². The fourth-order valence-corrected chi connectivity index (χ4v) is 2.60. The zero-order chi connectivity index (χ0) is 18.6. The van der Waals surface area contributed by atoms with Gasteiger partial charge >= 0.3 is 0 Å². The van der Waals surface area contributed by atoms with Gasteiger partial charge in [-0.15, -0.1) is 0 Å². The molecule has 132 valence electrons. The lowest BCUT2D eigenvalue weighted by Crippen LogP contribution is -2.41. The Morgan fingerprint density at radius 2 is 1.56 bits per heavy atom. The highest BCUT2D eigenvalue weighted by Crippen LogP contribution is 2.11. The SMILES string of the molecule is O=C(NNC(=O)c1ccc2ccccc2n1)c1cnn(-c2ccccc2)c1. The Kier molecular flexibility index (Phi) is 4.32. The third-order valence-electron chi connectivity index (χ3n) is 3.99. The molecule has 0 unspecified atom stereocenters. The summed E-state index contributed by atoms with van der Waals surface area (Å²) < 4.78 is 1.58. The van der Waals surface area contributed by atoms with Crippen molar-refractivity contribution in [1.29, 1.82) is 0 Å². The topological polar surface area (TPSA) is 88.9 Å². The van der Waals surface area contributed by atoms with Crippen molar-refractivity contribution >= 4 is 22.7 Å². The molecule has 7 heteroatoms. The highest BCUT2D eigenvalue weighted by atomic mass is 16.2. The van der Waals surface area contributed by atoms with E-state index in [2.05, 4.69) is 20.9 Å². The van der Waals surface area contributed by atoms with E-state index in [0.717, 1.165) is 11.1 Å². The molecule has 0 spiro atoms. The zero-order valence-electron chi connectivity index (χ0n) is 14.2. The first-order valence-corrected chi connectivity index (χ1v) is 8.27. The van der Waals surface area contributed by atoms with E-state index in [1.807, 2.05) is 60.7 Å². The molecule has 0 saturated carbocycles. The summed E-state index contributed by atoms with van der Waals surface area (Å²) >= 11 is 0. The number of aromatic nitrogens is 3. The summed E-state index contributed by atoms with van der Waals surface area (Å²) in [5.41, 5.74) is 6.84. The molecular formula is C20H15N5O2. The normalized spacial score (nSPS) is 10.5. The highest BCUT2D eigenvalue weighted by molar-refractivity contribution is 5.99. The fourth-order valence-electron chi connectivity index (χ4n) is 2.60. The van der Waals surface area contributed by atoms with Crippen molar-refractivity contribution in [3.63, 3.8) is 0 Å². The van der Waals surface area contributed by atoms with Crippen LogP contribution in [0.5, 0.6) is 0 Å². The van der Waals surface area contributed by atoms with E-state index in [-0.39, 0.29) is 5.69 Å². The maximum atomic E-state index is 12.2. The van der Waals surface area contributed by atoms with E-state index in [1.54, 1.807) is 16.9 Å². The third-order valence-corrected chi connectivity index (χ3v) is 3.99. The Morgan fingerprint density at radius 3 is 2.41 bits per heavy atom. The molecule has 4 rings (SSSR count). The van der Waals surface area contributed by atoms with E-state index >= 15 is 0 Å². The number of hydrazine groups is 1. The van der Waals surface area contributed by atoms with Crippen molar-refractivity contribution in [2.75, 3.05) is 0 Å². The molecule has 27 heavy (non-hydrogen) atoms. The van der Waals surface area contributed by atoms with Gasteiger partial charge in [-0.1, -0.05) is 42.5 Å². The van der Waals surface area contributed by atoms with E-state index in [9.17, 15) is 9.59 Å². The first kappa shape index (κ1) is 16.5. The first-order valence-electron chi connectivity index (χ1n) is 8.27. The van der Waals surface area contributed by atoms with Crippen LogP contribution in [-0.2, 0) is 0 Å². The molecule has 2 heterocycles. The molecule has 2 aromatic carbocycles. The smallest absolute Gasteiger partial charge is 0.267 e. The lowest BCUT2D eigenvalue weighted by atomic mass is 10.2. The number of carbonyl (C=O) groups is 2. The molecular weight excluding hydrogens is 342 g/mol. The summed E-state index contributed by atoms with van der Waals surface area (Å²) in [5.74, 6) is -0.962. The van der Waals surface area contributed by atoms with Crippen LogP contribution in [0.2, 0.25) is 0 Å². The van der Waals surface area contributed by atoms with Crippen LogP contribution in [0.15, 0.2) is 79.1 Å². The third kappa shape index (κ3) is 3.52. The second kappa shape index (κ2) is 7.09. The number of para-hydroxylation sites is 2. The summed E-state index contributed by atoms with van der Waals surface area (Å²) in [6.45, 7) is 0. The summed E-state index contributed by atoms with van der Waals surface area (Å²) in [6, 6.07) is 20.3. The van der Waals surface area contributed by atoms with E-state index in [0.29, 0.717) is 11.1 Å². The predicted octanol–water partition coefficient (Wildman–Crippen LogP) is 2.50. The Hall–Kier alpha value is -4.00. The molecule has 7 nitrogen and oxygen atoms in total. The van der Waals surface area contributed by atoms with Crippen molar-refractivity contribution in [2.45, 2.75) is 0 Å². The van der Waals surface area contributed by atoms with Crippen LogP contribution >= 0.6 is 0 Å². The Labute approximate surface area is 154 Å². The lowest BCUT2D eigenvalue weighted by Gasteiger charge is -2.06. The number of nitrogens with one attached hydrogen (secondary N) is 2. The monoisotopic (exact) mass is 357 g/mol. The molecule has 0 radical (unpaired) electrons. The van der Waals surface area contributed by atoms with Gasteiger partial charge in [0.05, 0.1) is 23.0 Å². The van der Waals surface area contributed by atoms with Gasteiger partial charge in [-0.3, -0.25) is 20.4 Å². The van der Waals surface area contributed by atoms with Gasteiger partial charge < -0.3 is 0 Å². The maximum Gasteiger partial charge on any atom is 0.288 e. The second-order valence-corrected chi connectivity index (χ2v) is 5.81. The Morgan fingerprint density at radius 1 is 0.815 bits per heavy atom. The van der Waals surface area contributed by atoms with E-state index in [4.69, 9.17) is 0 Å². The van der Waals surface area contributed by atoms with Crippen molar-refractivity contribution in [1.82, 2.24) is 25.6 Å². The van der Waals surface area contributed by atoms with Crippen LogP contribution in [0, 0.1) is 0 Å². The van der Waals surface area contributed by atoms with E-state index in [1.165, 1.54) is 6.20 Å². The summed E-state index contributed by atoms with van der Waals surface area (Å²) in [5, 5.41) is 5.09. The lowest BCUT2D eigenvalue weighted by molar-refractivity contribution is 0.0844. The molecule has 0 saturated heterocycles. The number of rotatable bonds is 3. The van der Waals surface area contributed by atoms with Gasteiger partial charge in [0.1, 0.15) is 5.69 Å². The Balaban J connectivity index is 1.42. The Bertz CT molecular complexity index is 1120. The molecule has 0 aliphatic heterocycles. The van der Waals surface area contributed by atoms with Gasteiger partial charge in [0.25, 0.3) is 11.8 Å². The van der Waals surface area contributed by atoms with Gasteiger partial charge in [-0.05, 0) is 24.3 Å². The van der Waals surface area contributed by atoms with Gasteiger partial charge in [0, 0.05) is 11.6 Å². The minimum atomic E-state index is -0.496. The molecule has 0 aliphatic carbocycles. The largest absolute Gasteiger partial charge is 0.288 e. The zero-order valence-corrected chi connectivity index (χ0v) is 14.2. The number of fused-ring (bicyclic) bond motifs is 1. The number of benzene rings is 2. The maximum absolute atomic E-state index is 12.2. The average Bonchev–Trinajstić information content (AvgIpc) is 3.22. The van der Waals surface area contributed by atoms with Crippen LogP contribution in [0.4, 0.5) is 0 Å². The van der Waals surface area contributed by atoms with Gasteiger partial charge in [-0.25, -0.2) is 9.67 Å². The van der Waals surface area contributed by atoms with Crippen LogP contribution in [-0.4, -0.2) is 26.6 Å². The summed E-state index contributed by atoms with van der Waals surface area (Å²) in [6.07, 6.45) is 3.02. The number of nitrogens with zero attached hydrogens (tertiary/aromatic N) is 3. The standard InChI is InChI=1S/C20H15N5O2/c26-19(15-12-21-25(13-15)16-7-2-1-3-8-16)23-24-20(27)18-11-10-14-6-4-5-9-17(14)22-18/h1-13H,(H,23,26)(H,24,27). The van der Waals surface area contributed by atoms with Crippen molar-refractivity contribution in [3.05, 3.63) is 90.4 Å². The van der Waals surface area contributed by atoms with Gasteiger partial charge in [0.2, 0.25) is 0 Å². The number of pyridine rings is 1. The molecule has 4 aromatic rings. The van der Waals surface area contributed by atoms with Crippen molar-refractivity contribution in [2.24, 2.45) is 0 Å². The highest BCUT2D eigenvalue weighted by Gasteiger charge is 2.12. The van der Waals surface area contributed by atoms with Crippen LogP contribution in [0.25, 0.3) is 16.6 Å². The summed E-state index contributed by atoms with van der Waals surface area (Å²) in [7, 11) is 0. The predicted molar refractivity (Wildman–Crippen MR) is 100 cm³/mol. The molecule has 2 N–H and O–H groups in total. The number of hydrogen-bond acceptors (Lipinski definition) is 4. The summed E-state index contributed by atoms with van der Waals surface area (Å²) in [4.78, 5) is 28.8. The molecule has 0 aliphatic rings. The van der Waals surface area contributed by atoms with Crippen LogP contribution in [0.3, 0.4) is 0 Å². The van der Waals surface area contributed by atoms with Crippen molar-refractivity contribution < 1.29 is 9.59 Å². The minimum Gasteiger partial charge on any atom is -0.267 e. The molecule has 0 fully saturated rings. The number of amides is 2. The second-order valence-electron chi connectivity index (χ2n) is 5.81. The van der Waals surface area contributed by atoms with Crippen molar-refractivity contribution in [3.8, 4) is 5.69 Å². The number of carbonyl (C=O) groups excluding carboxylic acids is 2. The van der Waals surface area contributed by atoms with Crippen LogP contribution in [0.1, 0.15) is 20.8 Å². The first-order chi connectivity index (χ1) is 13.2.